The van der Waals surface area contributed by atoms with Crippen LogP contribution in [-0.2, 0) is 0 Å². The molecule has 0 aromatic rings. The quantitative estimate of drug-likeness (QED) is 0.488. The molecule has 6 heavy (non-hydrogen) atoms. The Hall–Kier alpha value is 0. The minimum atomic E-state index is -0.0949. The fourth-order valence-corrected chi connectivity index (χ4v) is 0.192. The molecule has 0 N–H and O–H groups in total. The van der Waals surface area contributed by atoms with Gasteiger partial charge < -0.3 is 0 Å². The average Bonchev–Trinajstić information content (AvgIpc) is 1.64. The summed E-state index contributed by atoms with van der Waals surface area (Å²) in [6, 6.07) is 0. The van der Waals surface area contributed by atoms with E-state index < -0.39 is 0 Å². The highest BCUT2D eigenvalue weighted by molar-refractivity contribution is 4.41. The van der Waals surface area contributed by atoms with Gasteiger partial charge in [0.05, 0.1) is 0 Å². The van der Waals surface area contributed by atoms with Crippen LogP contribution in [-0.4, -0.2) is 0 Å². The van der Waals surface area contributed by atoms with Crippen molar-refractivity contribution in [1.29, 1.82) is 0 Å². The van der Waals surface area contributed by atoms with Crippen molar-refractivity contribution in [3.05, 3.63) is 0 Å². The predicted octanol–water partition coefficient (Wildman–Crippen LogP) is 2.44. The first-order valence-electron chi connectivity index (χ1n) is 3.55. The van der Waals surface area contributed by atoms with Crippen molar-refractivity contribution in [3.63, 3.8) is 0 Å². The highest BCUT2D eigenvalue weighted by Gasteiger charge is 1.88. The Kier molecular flexibility index (Phi) is 1.63. The summed E-state index contributed by atoms with van der Waals surface area (Å²) in [5, 5.41) is 0. The summed E-state index contributed by atoms with van der Waals surface area (Å²) in [5.74, 6) is 0.204. The zero-order valence-corrected chi connectivity index (χ0v) is 4.73. The molecule has 0 nitrogen and oxygen atoms in total. The molecule has 0 fully saturated rings. The molecule has 0 aromatic carbocycles. The summed E-state index contributed by atoms with van der Waals surface area (Å²) < 4.78 is 14.4. The van der Waals surface area contributed by atoms with Crippen LogP contribution in [0.25, 0.3) is 0 Å². The Balaban J connectivity index is 3.46. The molecule has 0 saturated heterocycles. The van der Waals surface area contributed by atoms with E-state index in [0.29, 0.717) is 0 Å². The molecule has 0 spiro atoms. The molecule has 0 radical (unpaired) electrons. The summed E-state index contributed by atoms with van der Waals surface area (Å²) in [6.07, 6.45) is -0.190. The van der Waals surface area contributed by atoms with Crippen LogP contribution in [0.1, 0.15) is 36.3 Å². The van der Waals surface area contributed by atoms with Gasteiger partial charge in [-0.25, -0.2) is 0 Å². The van der Waals surface area contributed by atoms with Crippen LogP contribution in [0, 0.1) is 5.92 Å². The molecular formula is C6H14. The summed E-state index contributed by atoms with van der Waals surface area (Å²) >= 11 is 0. The molecule has 0 aliphatic carbocycles. The van der Waals surface area contributed by atoms with Gasteiger partial charge in [0.15, 0.2) is 0 Å². The predicted molar refractivity (Wildman–Crippen MR) is 29.7 cm³/mol. The summed E-state index contributed by atoms with van der Waals surface area (Å²) in [4.78, 5) is 0. The fourth-order valence-electron chi connectivity index (χ4n) is 0.192. The summed E-state index contributed by atoms with van der Waals surface area (Å²) in [6.45, 7) is 5.60. The lowest BCUT2D eigenvalue weighted by Crippen LogP contribution is -1.85. The molecule has 2 atom stereocenters. The van der Waals surface area contributed by atoms with E-state index in [1.165, 1.54) is 0 Å². The van der Waals surface area contributed by atoms with Crippen LogP contribution in [0.4, 0.5) is 0 Å². The molecule has 0 amide bonds. The Labute approximate surface area is 43.4 Å². The van der Waals surface area contributed by atoms with E-state index in [0.717, 1.165) is 0 Å². The van der Waals surface area contributed by atoms with Crippen molar-refractivity contribution >= 4 is 0 Å². The van der Waals surface area contributed by atoms with Crippen LogP contribution in [0.15, 0.2) is 0 Å². The molecule has 0 aliphatic rings. The van der Waals surface area contributed by atoms with Gasteiger partial charge in [0.2, 0.25) is 0 Å². The highest BCUT2D eigenvalue weighted by atomic mass is 13.9. The van der Waals surface area contributed by atoms with Crippen molar-refractivity contribution in [2.45, 2.75) is 33.6 Å². The summed E-state index contributed by atoms with van der Waals surface area (Å²) in [7, 11) is 0. The molecule has 0 rings (SSSR count). The van der Waals surface area contributed by atoms with Gasteiger partial charge in [0, 0.05) is 2.74 Å². The number of hydrogen-bond donors (Lipinski definition) is 0. The molecule has 0 heteroatoms. The third kappa shape index (κ3) is 2.25. The SMILES string of the molecule is [3H]C(C)C(C)C([3H])C. The van der Waals surface area contributed by atoms with Crippen molar-refractivity contribution in [3.8, 4) is 0 Å². The molecule has 0 aliphatic heterocycles. The Morgan fingerprint density at radius 2 is 1.83 bits per heavy atom. The van der Waals surface area contributed by atoms with Gasteiger partial charge in [0.25, 0.3) is 0 Å². The maximum absolute atomic E-state index is 7.19. The van der Waals surface area contributed by atoms with E-state index in [1.807, 2.05) is 20.8 Å². The van der Waals surface area contributed by atoms with Crippen LogP contribution >= 0.6 is 0 Å². The molecular weight excluding hydrogens is 72.1 g/mol. The third-order valence-electron chi connectivity index (χ3n) is 1.05. The molecule has 0 bridgehead atoms. The van der Waals surface area contributed by atoms with Crippen molar-refractivity contribution in [1.82, 2.24) is 0 Å². The molecule has 0 saturated carbocycles. The largest absolute Gasteiger partial charge is 0.0651 e. The van der Waals surface area contributed by atoms with E-state index in [-0.39, 0.29) is 18.7 Å². The minimum absolute atomic E-state index is 0.0949. The van der Waals surface area contributed by atoms with Gasteiger partial charge in [0.1, 0.15) is 0 Å². The van der Waals surface area contributed by atoms with Gasteiger partial charge in [-0.15, -0.1) is 0 Å². The Bertz CT molecular complexity index is 51.5. The van der Waals surface area contributed by atoms with E-state index in [9.17, 15) is 0 Å². The first-order chi connectivity index (χ1) is 3.55. The smallest absolute Gasteiger partial charge is 0.0266 e. The zero-order valence-electron chi connectivity index (χ0n) is 6.73. The normalized spacial score (nSPS) is 29.8. The van der Waals surface area contributed by atoms with Gasteiger partial charge in [-0.3, -0.25) is 0 Å². The molecule has 38 valence electrons. The van der Waals surface area contributed by atoms with Gasteiger partial charge in [-0.05, 0) is 5.92 Å². The van der Waals surface area contributed by atoms with Gasteiger partial charge in [-0.2, -0.15) is 0 Å². The highest BCUT2D eigenvalue weighted by Crippen LogP contribution is 2.02. The maximum atomic E-state index is 7.19. The Morgan fingerprint density at radius 3 is 1.83 bits per heavy atom. The van der Waals surface area contributed by atoms with E-state index in [4.69, 9.17) is 2.74 Å². The first-order valence-corrected chi connectivity index (χ1v) is 2.40. The van der Waals surface area contributed by atoms with E-state index in [1.54, 1.807) is 0 Å². The second-order valence-corrected chi connectivity index (χ2v) is 1.53. The first kappa shape index (κ1) is 3.06. The van der Waals surface area contributed by atoms with Crippen LogP contribution < -0.4 is 0 Å². The van der Waals surface area contributed by atoms with Crippen molar-refractivity contribution < 1.29 is 2.74 Å². The second kappa shape index (κ2) is 3.20. The third-order valence-corrected chi connectivity index (χ3v) is 1.05. The van der Waals surface area contributed by atoms with Crippen molar-refractivity contribution in [2.24, 2.45) is 5.92 Å². The average molecular weight is 90.2 g/mol. The molecule has 0 aromatic heterocycles. The number of rotatable bonds is 2. The van der Waals surface area contributed by atoms with E-state index in [2.05, 4.69) is 0 Å². The Morgan fingerprint density at radius 1 is 1.50 bits per heavy atom. The lowest BCUT2D eigenvalue weighted by molar-refractivity contribution is 0.544. The van der Waals surface area contributed by atoms with Crippen LogP contribution in [0.2, 0.25) is 0 Å². The monoisotopic (exact) mass is 90.1 g/mol. The maximum Gasteiger partial charge on any atom is 0.0266 e. The zero-order chi connectivity index (χ0) is 6.73. The molecule has 2 unspecified atom stereocenters. The van der Waals surface area contributed by atoms with Gasteiger partial charge >= 0.3 is 0 Å². The number of hydrogen-bond acceptors (Lipinski definition) is 0. The van der Waals surface area contributed by atoms with E-state index >= 15 is 0 Å². The van der Waals surface area contributed by atoms with Crippen LogP contribution in [0.3, 0.4) is 0 Å². The minimum Gasteiger partial charge on any atom is -0.0651 e. The molecule has 0 heterocycles. The fraction of sp³-hybridized carbons (Fsp3) is 1.00. The van der Waals surface area contributed by atoms with Crippen molar-refractivity contribution in [2.75, 3.05) is 0 Å². The topological polar surface area (TPSA) is 0 Å². The van der Waals surface area contributed by atoms with Crippen LogP contribution in [0.5, 0.6) is 0 Å². The lowest BCUT2D eigenvalue weighted by atomic mass is 10.1. The second-order valence-electron chi connectivity index (χ2n) is 1.53. The van der Waals surface area contributed by atoms with Gasteiger partial charge in [-0.1, -0.05) is 33.6 Å². The lowest BCUT2D eigenvalue weighted by Gasteiger charge is -1.98. The standard InChI is InChI=1S/C6H14/c1-4-6(3)5-2/h6H,4-5H2,1-3H3/i4T,5T. The summed E-state index contributed by atoms with van der Waals surface area (Å²) in [5.41, 5.74) is 0.